The van der Waals surface area contributed by atoms with Crippen LogP contribution in [0.25, 0.3) is 22.5 Å². The zero-order chi connectivity index (χ0) is 22.9. The summed E-state index contributed by atoms with van der Waals surface area (Å²) in [5, 5.41) is 6.88. The summed E-state index contributed by atoms with van der Waals surface area (Å²) in [6, 6.07) is 11.9. The Kier molecular flexibility index (Phi) is 8.54. The number of methoxy groups -OCH3 is 1. The van der Waals surface area contributed by atoms with Crippen LogP contribution in [0.15, 0.2) is 42.6 Å². The van der Waals surface area contributed by atoms with Gasteiger partial charge >= 0.3 is 12.0 Å². The third kappa shape index (κ3) is 6.28. The molecule has 8 heteroatoms. The fourth-order valence-corrected chi connectivity index (χ4v) is 2.62. The molecule has 0 bridgehead atoms. The van der Waals surface area contributed by atoms with Crippen molar-refractivity contribution >= 4 is 5.97 Å². The van der Waals surface area contributed by atoms with E-state index in [0.29, 0.717) is 24.3 Å². The molecule has 0 saturated heterocycles. The first-order chi connectivity index (χ1) is 14.9. The molecule has 0 aliphatic heterocycles. The Bertz CT molecular complexity index is 957. The van der Waals surface area contributed by atoms with Crippen LogP contribution >= 0.6 is 0 Å². The highest BCUT2D eigenvalue weighted by Gasteiger charge is 2.29. The average Bonchev–Trinajstić information content (AvgIpc) is 3.28. The predicted molar refractivity (Wildman–Crippen MR) is 121 cm³/mol. The van der Waals surface area contributed by atoms with E-state index in [1.54, 1.807) is 26.1 Å². The Labute approximate surface area is 184 Å². The summed E-state index contributed by atoms with van der Waals surface area (Å²) < 4.78 is 15.7. The fourth-order valence-electron chi connectivity index (χ4n) is 2.62. The van der Waals surface area contributed by atoms with Crippen molar-refractivity contribution in [3.05, 3.63) is 42.6 Å². The maximum Gasteiger partial charge on any atom is 0.335 e. The average molecular weight is 429 g/mol. The molecule has 3 rings (SSSR count). The van der Waals surface area contributed by atoms with Gasteiger partial charge < -0.3 is 14.2 Å². The zero-order valence-corrected chi connectivity index (χ0v) is 18.9. The molecular weight excluding hydrogens is 396 g/mol. The lowest BCUT2D eigenvalue weighted by molar-refractivity contribution is -0.152. The first-order valence-electron chi connectivity index (χ1n) is 10.3. The molecule has 0 atom stereocenters. The van der Waals surface area contributed by atoms with E-state index in [2.05, 4.69) is 20.2 Å². The summed E-state index contributed by atoms with van der Waals surface area (Å²) in [4.78, 5) is 20.3. The maximum absolute atomic E-state index is 11.7. The molecule has 0 amide bonds. The van der Waals surface area contributed by atoms with Gasteiger partial charge in [0.2, 0.25) is 5.88 Å². The molecule has 0 fully saturated rings. The minimum absolute atomic E-state index is 0. The first-order valence-corrected chi connectivity index (χ1v) is 10.3. The lowest BCUT2D eigenvalue weighted by Crippen LogP contribution is -2.32. The number of pyridine rings is 1. The van der Waals surface area contributed by atoms with Crippen LogP contribution in [0.5, 0.6) is 11.9 Å². The summed E-state index contributed by atoms with van der Waals surface area (Å²) in [7, 11) is 1.36. The second kappa shape index (κ2) is 11.1. The second-order valence-corrected chi connectivity index (χ2v) is 7.03. The van der Waals surface area contributed by atoms with Crippen molar-refractivity contribution in [3.8, 4) is 34.4 Å². The Hall–Kier alpha value is -3.42. The Morgan fingerprint density at radius 3 is 2.26 bits per heavy atom. The summed E-state index contributed by atoms with van der Waals surface area (Å²) in [5.41, 5.74) is 2.12. The van der Waals surface area contributed by atoms with Gasteiger partial charge in [0.1, 0.15) is 6.61 Å². The third-order valence-corrected chi connectivity index (χ3v) is 4.29. The van der Waals surface area contributed by atoms with Crippen molar-refractivity contribution in [2.75, 3.05) is 20.3 Å². The largest absolute Gasteiger partial charge is 0.476 e. The fraction of sp³-hybridized carbons (Fsp3) is 0.391. The van der Waals surface area contributed by atoms with Crippen LogP contribution in [0.2, 0.25) is 0 Å². The van der Waals surface area contributed by atoms with Crippen LogP contribution in [0, 0.1) is 5.41 Å². The van der Waals surface area contributed by atoms with Crippen molar-refractivity contribution in [1.82, 2.24) is 20.2 Å². The molecule has 2 aromatic heterocycles. The minimum atomic E-state index is -0.742. The van der Waals surface area contributed by atoms with E-state index < -0.39 is 5.41 Å². The predicted octanol–water partition coefficient (Wildman–Crippen LogP) is 4.78. The molecule has 0 spiro atoms. The number of aromatic nitrogens is 4. The van der Waals surface area contributed by atoms with Gasteiger partial charge in [-0.25, -0.2) is 4.98 Å². The van der Waals surface area contributed by atoms with Crippen molar-refractivity contribution in [3.63, 3.8) is 0 Å². The van der Waals surface area contributed by atoms with E-state index >= 15 is 0 Å². The van der Waals surface area contributed by atoms with Crippen LogP contribution in [-0.4, -0.2) is 46.5 Å². The van der Waals surface area contributed by atoms with Crippen molar-refractivity contribution in [1.29, 1.82) is 0 Å². The molecule has 0 radical (unpaired) electrons. The molecule has 0 saturated carbocycles. The number of aromatic amines is 1. The number of H-pyrrole nitrogens is 1. The van der Waals surface area contributed by atoms with Gasteiger partial charge in [-0.15, -0.1) is 5.10 Å². The van der Waals surface area contributed by atoms with Gasteiger partial charge in [0.25, 0.3) is 0 Å². The summed E-state index contributed by atoms with van der Waals surface area (Å²) in [6.45, 7) is 10.1. The highest BCUT2D eigenvalue weighted by Crippen LogP contribution is 2.25. The molecule has 168 valence electrons. The number of nitrogens with one attached hydrogen (secondary N) is 1. The van der Waals surface area contributed by atoms with E-state index in [1.165, 1.54) is 7.11 Å². The zero-order valence-electron chi connectivity index (χ0n) is 18.9. The number of rotatable bonds is 8. The number of carbonyl (C=O) groups excluding carboxylic acids is 1. The first kappa shape index (κ1) is 23.9. The number of nitrogens with zero attached hydrogens (tertiary/aromatic N) is 3. The molecule has 31 heavy (non-hydrogen) atoms. The van der Waals surface area contributed by atoms with Crippen molar-refractivity contribution in [2.45, 2.75) is 34.6 Å². The van der Waals surface area contributed by atoms with Crippen LogP contribution in [0.1, 0.15) is 36.0 Å². The highest BCUT2D eigenvalue weighted by molar-refractivity contribution is 5.76. The molecule has 1 aromatic carbocycles. The summed E-state index contributed by atoms with van der Waals surface area (Å²) in [5.74, 6) is 0.775. The minimum Gasteiger partial charge on any atom is -0.476 e. The summed E-state index contributed by atoms with van der Waals surface area (Å²) >= 11 is 0. The van der Waals surface area contributed by atoms with Crippen LogP contribution in [0.4, 0.5) is 0 Å². The number of benzene rings is 1. The third-order valence-electron chi connectivity index (χ3n) is 4.29. The molecule has 2 heterocycles. The number of ether oxygens (including phenoxy) is 3. The molecule has 8 nitrogen and oxygen atoms in total. The topological polar surface area (TPSA) is 99.2 Å². The normalized spacial score (nSPS) is 10.6. The van der Waals surface area contributed by atoms with Gasteiger partial charge in [-0.05, 0) is 32.4 Å². The number of esters is 1. The summed E-state index contributed by atoms with van der Waals surface area (Å²) in [6.07, 6.45) is 1.73. The van der Waals surface area contributed by atoms with Gasteiger partial charge in [-0.2, -0.15) is 4.98 Å². The molecular formula is C23H32N4O4. The van der Waals surface area contributed by atoms with Crippen LogP contribution in [-0.2, 0) is 9.53 Å². The number of carbonyl (C=O) groups is 1. The van der Waals surface area contributed by atoms with Crippen molar-refractivity contribution in [2.24, 2.45) is 5.41 Å². The van der Waals surface area contributed by atoms with Gasteiger partial charge in [0, 0.05) is 24.8 Å². The highest BCUT2D eigenvalue weighted by atomic mass is 16.5. The number of hydrogen-bond donors (Lipinski definition) is 1. The lowest BCUT2D eigenvalue weighted by Gasteiger charge is -2.21. The van der Waals surface area contributed by atoms with E-state index in [-0.39, 0.29) is 14.0 Å². The lowest BCUT2D eigenvalue weighted by atomic mass is 9.95. The molecule has 0 unspecified atom stereocenters. The smallest absolute Gasteiger partial charge is 0.335 e. The molecule has 0 aliphatic rings. The molecule has 1 N–H and O–H groups in total. The Balaban J connectivity index is 0.00000166. The van der Waals surface area contributed by atoms with E-state index in [0.717, 1.165) is 16.7 Å². The van der Waals surface area contributed by atoms with Gasteiger partial charge in [0.15, 0.2) is 5.82 Å². The standard InChI is InChI=1S/C21H24N4O4.C2H6.H2/c1-5-28-20-23-18(24-25-20)15-8-6-14(7-9-15)16-10-11-17(22-12-16)29-13-21(2,3)19(26)27-4;1-2;/h6-12H,5,13H2,1-4H3,(H,23,24,25);1-2H3;1H. The monoisotopic (exact) mass is 428 g/mol. The van der Waals surface area contributed by atoms with Gasteiger partial charge in [-0.3, -0.25) is 9.89 Å². The van der Waals surface area contributed by atoms with Crippen LogP contribution in [0.3, 0.4) is 0 Å². The maximum atomic E-state index is 11.7. The Morgan fingerprint density at radius 2 is 1.68 bits per heavy atom. The Morgan fingerprint density at radius 1 is 1.03 bits per heavy atom. The SMILES string of the molecule is CC.CCOc1n[nH]c(-c2ccc(-c3ccc(OCC(C)(C)C(=O)OC)nc3)cc2)n1.[HH]. The van der Waals surface area contributed by atoms with E-state index in [9.17, 15) is 4.79 Å². The van der Waals surface area contributed by atoms with E-state index in [1.807, 2.05) is 51.1 Å². The molecule has 3 aromatic rings. The van der Waals surface area contributed by atoms with E-state index in [4.69, 9.17) is 14.2 Å². The van der Waals surface area contributed by atoms with Crippen molar-refractivity contribution < 1.29 is 20.4 Å². The number of hydrogen-bond acceptors (Lipinski definition) is 7. The second-order valence-electron chi connectivity index (χ2n) is 7.03. The quantitative estimate of drug-likeness (QED) is 0.515. The van der Waals surface area contributed by atoms with Gasteiger partial charge in [0.05, 0.1) is 19.1 Å². The van der Waals surface area contributed by atoms with Gasteiger partial charge in [-0.1, -0.05) is 38.1 Å². The molecule has 0 aliphatic carbocycles. The van der Waals surface area contributed by atoms with Crippen LogP contribution < -0.4 is 9.47 Å².